The zero-order valence-corrected chi connectivity index (χ0v) is 14.8. The molecule has 1 aliphatic carbocycles. The van der Waals surface area contributed by atoms with Crippen LogP contribution in [0, 0.1) is 11.8 Å². The molecule has 1 aromatic heterocycles. The summed E-state index contributed by atoms with van der Waals surface area (Å²) in [4.78, 5) is 2.55. The van der Waals surface area contributed by atoms with Gasteiger partial charge < -0.3 is 9.15 Å². The Labute approximate surface area is 148 Å². The zero-order chi connectivity index (χ0) is 16.8. The highest BCUT2D eigenvalue weighted by molar-refractivity contribution is 6.07. The van der Waals surface area contributed by atoms with Crippen LogP contribution < -0.4 is 4.74 Å². The Bertz CT molecular complexity index is 903. The van der Waals surface area contributed by atoms with E-state index in [2.05, 4.69) is 42.2 Å². The second-order valence-corrected chi connectivity index (χ2v) is 7.70. The lowest BCUT2D eigenvalue weighted by Gasteiger charge is -2.17. The van der Waals surface area contributed by atoms with E-state index in [1.807, 2.05) is 6.26 Å². The van der Waals surface area contributed by atoms with Gasteiger partial charge in [0.05, 0.1) is 6.26 Å². The fraction of sp³-hybridized carbons (Fsp3) is 0.455. The fourth-order valence-corrected chi connectivity index (χ4v) is 4.42. The van der Waals surface area contributed by atoms with E-state index in [0.717, 1.165) is 49.2 Å². The van der Waals surface area contributed by atoms with Crippen molar-refractivity contribution in [2.24, 2.45) is 11.8 Å². The van der Waals surface area contributed by atoms with Crippen molar-refractivity contribution in [2.75, 3.05) is 26.2 Å². The molecule has 3 aromatic rings. The van der Waals surface area contributed by atoms with Crippen LogP contribution in [0.15, 0.2) is 41.0 Å². The van der Waals surface area contributed by atoms with E-state index in [4.69, 9.17) is 9.15 Å². The Morgan fingerprint density at radius 3 is 2.88 bits per heavy atom. The number of hydrogen-bond donors (Lipinski definition) is 0. The highest BCUT2D eigenvalue weighted by Gasteiger charge is 2.44. The molecule has 2 fully saturated rings. The standard InChI is InChI=1S/C22H25NO2/c1-2-3-16-14-25-21-7-4-15-11-19(5-6-20(15)22(16)21)24-9-8-23-12-17-10-18(17)13-23/h4-7,11,14,17-18H,2-3,8-10,12-13H2,1H3. The summed E-state index contributed by atoms with van der Waals surface area (Å²) in [6, 6.07) is 10.7. The molecular weight excluding hydrogens is 310 g/mol. The van der Waals surface area contributed by atoms with Crippen molar-refractivity contribution in [2.45, 2.75) is 26.2 Å². The van der Waals surface area contributed by atoms with Crippen LogP contribution in [-0.2, 0) is 6.42 Å². The lowest BCUT2D eigenvalue weighted by molar-refractivity contribution is 0.224. The highest BCUT2D eigenvalue weighted by atomic mass is 16.5. The van der Waals surface area contributed by atoms with Gasteiger partial charge in [-0.25, -0.2) is 0 Å². The van der Waals surface area contributed by atoms with E-state index in [-0.39, 0.29) is 0 Å². The Kier molecular flexibility index (Phi) is 3.70. The number of benzene rings is 2. The topological polar surface area (TPSA) is 25.6 Å². The van der Waals surface area contributed by atoms with Crippen LogP contribution in [-0.4, -0.2) is 31.1 Å². The van der Waals surface area contributed by atoms with Gasteiger partial charge in [0.1, 0.15) is 17.9 Å². The average Bonchev–Trinajstić information content (AvgIpc) is 3.04. The number of piperidine rings is 1. The summed E-state index contributed by atoms with van der Waals surface area (Å²) in [6.45, 7) is 6.60. The second kappa shape index (κ2) is 6.06. The number of fused-ring (bicyclic) bond motifs is 4. The first-order valence-electron chi connectivity index (χ1n) is 9.60. The predicted octanol–water partition coefficient (Wildman–Crippen LogP) is 4.87. The minimum absolute atomic E-state index is 0.778. The molecule has 0 radical (unpaired) electrons. The molecule has 0 N–H and O–H groups in total. The van der Waals surface area contributed by atoms with Gasteiger partial charge in [-0.2, -0.15) is 0 Å². The normalized spacial score (nSPS) is 22.6. The number of aryl methyl sites for hydroxylation is 1. The molecular formula is C22H25NO2. The minimum atomic E-state index is 0.778. The van der Waals surface area contributed by atoms with Crippen molar-refractivity contribution in [1.82, 2.24) is 4.90 Å². The van der Waals surface area contributed by atoms with E-state index in [9.17, 15) is 0 Å². The maximum Gasteiger partial charge on any atom is 0.134 e. The third-order valence-corrected chi connectivity index (χ3v) is 5.85. The molecule has 2 aromatic carbocycles. The van der Waals surface area contributed by atoms with Crippen LogP contribution in [0.3, 0.4) is 0 Å². The number of ether oxygens (including phenoxy) is 1. The fourth-order valence-electron chi connectivity index (χ4n) is 4.42. The third-order valence-electron chi connectivity index (χ3n) is 5.85. The van der Waals surface area contributed by atoms with Crippen molar-refractivity contribution in [3.8, 4) is 5.75 Å². The Hall–Kier alpha value is -2.00. The van der Waals surface area contributed by atoms with Crippen molar-refractivity contribution < 1.29 is 9.15 Å². The lowest BCUT2D eigenvalue weighted by Crippen LogP contribution is -2.27. The highest BCUT2D eigenvalue weighted by Crippen LogP contribution is 2.44. The number of rotatable bonds is 6. The summed E-state index contributed by atoms with van der Waals surface area (Å²) in [6.07, 6.45) is 5.57. The molecule has 130 valence electrons. The molecule has 3 nitrogen and oxygen atoms in total. The second-order valence-electron chi connectivity index (χ2n) is 7.70. The van der Waals surface area contributed by atoms with Crippen LogP contribution in [0.25, 0.3) is 21.7 Å². The van der Waals surface area contributed by atoms with Gasteiger partial charge in [0.25, 0.3) is 0 Å². The van der Waals surface area contributed by atoms with Crippen molar-refractivity contribution >= 4 is 21.7 Å². The van der Waals surface area contributed by atoms with Crippen LogP contribution in [0.2, 0.25) is 0 Å². The summed E-state index contributed by atoms with van der Waals surface area (Å²) in [5.41, 5.74) is 2.29. The van der Waals surface area contributed by atoms with Gasteiger partial charge in [-0.15, -0.1) is 0 Å². The molecule has 0 bridgehead atoms. The molecule has 2 atom stereocenters. The first kappa shape index (κ1) is 15.3. The number of furan rings is 1. The largest absolute Gasteiger partial charge is 0.492 e. The molecule has 2 aliphatic rings. The number of nitrogens with zero attached hydrogens (tertiary/aromatic N) is 1. The smallest absolute Gasteiger partial charge is 0.134 e. The van der Waals surface area contributed by atoms with Crippen LogP contribution in [0.1, 0.15) is 25.3 Å². The maximum atomic E-state index is 6.03. The van der Waals surface area contributed by atoms with Gasteiger partial charge in [0.2, 0.25) is 0 Å². The summed E-state index contributed by atoms with van der Waals surface area (Å²) in [7, 11) is 0. The Morgan fingerprint density at radius 2 is 2.04 bits per heavy atom. The van der Waals surface area contributed by atoms with Crippen LogP contribution in [0.5, 0.6) is 5.75 Å². The summed E-state index contributed by atoms with van der Waals surface area (Å²) >= 11 is 0. The van der Waals surface area contributed by atoms with Crippen molar-refractivity contribution in [3.05, 3.63) is 42.2 Å². The van der Waals surface area contributed by atoms with Gasteiger partial charge in [0, 0.05) is 25.0 Å². The van der Waals surface area contributed by atoms with E-state index in [1.165, 1.54) is 41.2 Å². The van der Waals surface area contributed by atoms with E-state index >= 15 is 0 Å². The van der Waals surface area contributed by atoms with Crippen molar-refractivity contribution in [3.63, 3.8) is 0 Å². The van der Waals surface area contributed by atoms with E-state index in [0.29, 0.717) is 0 Å². The predicted molar refractivity (Wildman–Crippen MR) is 101 cm³/mol. The molecule has 5 rings (SSSR count). The number of hydrogen-bond acceptors (Lipinski definition) is 3. The van der Waals surface area contributed by atoms with Crippen LogP contribution >= 0.6 is 0 Å². The molecule has 25 heavy (non-hydrogen) atoms. The lowest BCUT2D eigenvalue weighted by atomic mass is 10.0. The minimum Gasteiger partial charge on any atom is -0.492 e. The van der Waals surface area contributed by atoms with Gasteiger partial charge >= 0.3 is 0 Å². The average molecular weight is 335 g/mol. The molecule has 2 heterocycles. The SMILES string of the molecule is CCCc1coc2ccc3cc(OCCN4CC5CC5C4)ccc3c12. The summed E-state index contributed by atoms with van der Waals surface area (Å²) in [5.74, 6) is 2.96. The van der Waals surface area contributed by atoms with Crippen LogP contribution in [0.4, 0.5) is 0 Å². The quantitative estimate of drug-likeness (QED) is 0.643. The van der Waals surface area contributed by atoms with Gasteiger partial charge in [-0.05, 0) is 65.3 Å². The first-order chi connectivity index (χ1) is 12.3. The molecule has 1 saturated heterocycles. The van der Waals surface area contributed by atoms with E-state index in [1.54, 1.807) is 0 Å². The molecule has 0 spiro atoms. The summed E-state index contributed by atoms with van der Waals surface area (Å²) < 4.78 is 11.8. The molecule has 1 aliphatic heterocycles. The maximum absolute atomic E-state index is 6.03. The monoisotopic (exact) mass is 335 g/mol. The first-order valence-corrected chi connectivity index (χ1v) is 9.60. The third kappa shape index (κ3) is 2.81. The molecule has 0 amide bonds. The molecule has 1 saturated carbocycles. The molecule has 2 unspecified atom stereocenters. The molecule has 3 heteroatoms. The Morgan fingerprint density at radius 1 is 1.16 bits per heavy atom. The van der Waals surface area contributed by atoms with Crippen molar-refractivity contribution in [1.29, 1.82) is 0 Å². The van der Waals surface area contributed by atoms with Gasteiger partial charge in [-0.1, -0.05) is 19.4 Å². The zero-order valence-electron chi connectivity index (χ0n) is 14.8. The van der Waals surface area contributed by atoms with E-state index < -0.39 is 0 Å². The van der Waals surface area contributed by atoms with Gasteiger partial charge in [0.15, 0.2) is 0 Å². The number of likely N-dealkylation sites (tertiary alicyclic amines) is 1. The van der Waals surface area contributed by atoms with Gasteiger partial charge in [-0.3, -0.25) is 4.90 Å². The summed E-state index contributed by atoms with van der Waals surface area (Å²) in [5, 5.41) is 3.76. The Balaban J connectivity index is 1.34.